The highest BCUT2D eigenvalue weighted by Crippen LogP contribution is 2.29. The first-order chi connectivity index (χ1) is 21.5. The van der Waals surface area contributed by atoms with Gasteiger partial charge >= 0.3 is 12.3 Å². The first kappa shape index (κ1) is 34.2. The van der Waals surface area contributed by atoms with Crippen molar-refractivity contribution < 1.29 is 45.5 Å². The molecule has 248 valence electrons. The van der Waals surface area contributed by atoms with Crippen molar-refractivity contribution in [1.29, 1.82) is 0 Å². The molecule has 46 heavy (non-hydrogen) atoms. The van der Waals surface area contributed by atoms with Crippen molar-refractivity contribution in [1.82, 2.24) is 30.3 Å². The monoisotopic (exact) mass is 654 g/mol. The standard InChI is InChI=1S/C30H32F6N6O4/c1-29(2,3)46-28(45)38-23(11-17-7-5-4-6-8-17)26(44)37-19(12-18-13-21(32)22(33)15-20(18)31)14-25(43)41-9-10-42-24(16-41)39-40-27(42)30(34,35)36/h4-8,13,15,19,23H,9-12,14,16H2,1-3H3,(H,37,44)(H,38,45)/t19-,23?/m1/s1. The van der Waals surface area contributed by atoms with E-state index in [4.69, 9.17) is 4.74 Å². The summed E-state index contributed by atoms with van der Waals surface area (Å²) in [4.78, 5) is 40.8. The smallest absolute Gasteiger partial charge is 0.444 e. The van der Waals surface area contributed by atoms with Crippen LogP contribution in [-0.2, 0) is 46.4 Å². The predicted molar refractivity (Wildman–Crippen MR) is 150 cm³/mol. The number of nitrogens with one attached hydrogen (secondary N) is 2. The fourth-order valence-corrected chi connectivity index (χ4v) is 4.89. The maximum Gasteiger partial charge on any atom is 0.451 e. The number of ether oxygens (including phenoxy) is 1. The van der Waals surface area contributed by atoms with Gasteiger partial charge in [-0.25, -0.2) is 18.0 Å². The van der Waals surface area contributed by atoms with Crippen LogP contribution in [0.15, 0.2) is 42.5 Å². The van der Waals surface area contributed by atoms with Crippen LogP contribution in [0, 0.1) is 17.5 Å². The van der Waals surface area contributed by atoms with E-state index in [1.165, 1.54) is 4.90 Å². The van der Waals surface area contributed by atoms with Crippen LogP contribution >= 0.6 is 0 Å². The molecule has 1 aliphatic heterocycles. The number of hydrogen-bond donors (Lipinski definition) is 2. The summed E-state index contributed by atoms with van der Waals surface area (Å²) in [6.45, 7) is 4.16. The number of carbonyl (C=O) groups is 3. The van der Waals surface area contributed by atoms with Gasteiger partial charge in [0.05, 0.1) is 6.54 Å². The predicted octanol–water partition coefficient (Wildman–Crippen LogP) is 4.31. The second kappa shape index (κ2) is 13.8. The number of benzene rings is 2. The van der Waals surface area contributed by atoms with E-state index >= 15 is 0 Å². The van der Waals surface area contributed by atoms with E-state index in [2.05, 4.69) is 20.8 Å². The molecule has 16 heteroatoms. The van der Waals surface area contributed by atoms with Gasteiger partial charge in [-0.1, -0.05) is 30.3 Å². The lowest BCUT2D eigenvalue weighted by Gasteiger charge is -2.30. The highest BCUT2D eigenvalue weighted by atomic mass is 19.4. The lowest BCUT2D eigenvalue weighted by Crippen LogP contribution is -2.53. The van der Waals surface area contributed by atoms with Crippen molar-refractivity contribution in [3.63, 3.8) is 0 Å². The van der Waals surface area contributed by atoms with Crippen LogP contribution < -0.4 is 10.6 Å². The molecule has 4 rings (SSSR count). The number of nitrogens with zero attached hydrogens (tertiary/aromatic N) is 4. The third-order valence-electron chi connectivity index (χ3n) is 6.97. The number of carbonyl (C=O) groups excluding carboxylic acids is 3. The zero-order valence-electron chi connectivity index (χ0n) is 25.1. The summed E-state index contributed by atoms with van der Waals surface area (Å²) in [5.41, 5.74) is -0.574. The Morgan fingerprint density at radius 2 is 1.59 bits per heavy atom. The summed E-state index contributed by atoms with van der Waals surface area (Å²) < 4.78 is 88.2. The highest BCUT2D eigenvalue weighted by molar-refractivity contribution is 5.87. The van der Waals surface area contributed by atoms with Crippen LogP contribution in [0.5, 0.6) is 0 Å². The molecule has 3 amide bonds. The average Bonchev–Trinajstić information content (AvgIpc) is 3.39. The molecule has 1 aromatic heterocycles. The molecule has 1 aliphatic rings. The molecule has 0 saturated carbocycles. The molecule has 10 nitrogen and oxygen atoms in total. The topological polar surface area (TPSA) is 118 Å². The Hall–Kier alpha value is -4.63. The Bertz CT molecular complexity index is 1570. The van der Waals surface area contributed by atoms with Crippen molar-refractivity contribution in [3.05, 3.63) is 82.7 Å². The first-order valence-corrected chi connectivity index (χ1v) is 14.2. The van der Waals surface area contributed by atoms with Crippen molar-refractivity contribution in [2.24, 2.45) is 0 Å². The van der Waals surface area contributed by atoms with Crippen molar-refractivity contribution >= 4 is 17.9 Å². The third-order valence-corrected chi connectivity index (χ3v) is 6.97. The number of aromatic nitrogens is 3. The SMILES string of the molecule is CC(C)(C)OC(=O)NC(Cc1ccccc1)C(=O)N[C@@H](CC(=O)N1CCn2c(nnc2C(F)(F)F)C1)Cc1cc(F)c(F)cc1F. The van der Waals surface area contributed by atoms with Gasteiger partial charge in [-0.15, -0.1) is 10.2 Å². The number of halogens is 6. The molecule has 0 aliphatic carbocycles. The quantitative estimate of drug-likeness (QED) is 0.262. The summed E-state index contributed by atoms with van der Waals surface area (Å²) in [6.07, 6.45) is -6.62. The largest absolute Gasteiger partial charge is 0.451 e. The molecule has 2 heterocycles. The minimum atomic E-state index is -4.75. The zero-order chi connectivity index (χ0) is 33.8. The lowest BCUT2D eigenvalue weighted by atomic mass is 10.00. The van der Waals surface area contributed by atoms with Gasteiger partial charge in [-0.2, -0.15) is 13.2 Å². The van der Waals surface area contributed by atoms with E-state index in [9.17, 15) is 40.7 Å². The van der Waals surface area contributed by atoms with Gasteiger partial charge in [-0.05, 0) is 44.4 Å². The van der Waals surface area contributed by atoms with Gasteiger partial charge in [0.25, 0.3) is 0 Å². The Morgan fingerprint density at radius 1 is 0.913 bits per heavy atom. The van der Waals surface area contributed by atoms with E-state index in [0.29, 0.717) is 17.7 Å². The zero-order valence-corrected chi connectivity index (χ0v) is 25.1. The summed E-state index contributed by atoms with van der Waals surface area (Å²) in [5.74, 6) is -6.64. The molecule has 0 radical (unpaired) electrons. The van der Waals surface area contributed by atoms with Crippen LogP contribution in [0.1, 0.15) is 50.0 Å². The van der Waals surface area contributed by atoms with Crippen molar-refractivity contribution in [2.75, 3.05) is 6.54 Å². The Kier molecular flexibility index (Phi) is 10.3. The molecule has 0 spiro atoms. The average molecular weight is 655 g/mol. The molecular weight excluding hydrogens is 622 g/mol. The molecule has 2 N–H and O–H groups in total. The van der Waals surface area contributed by atoms with Gasteiger partial charge in [-0.3, -0.25) is 9.59 Å². The normalized spacial score (nSPS) is 14.7. The van der Waals surface area contributed by atoms with Crippen LogP contribution in [-0.4, -0.2) is 61.8 Å². The molecule has 2 atom stereocenters. The maximum atomic E-state index is 14.7. The molecule has 1 unspecified atom stereocenters. The minimum Gasteiger partial charge on any atom is -0.444 e. The summed E-state index contributed by atoms with van der Waals surface area (Å²) in [5, 5.41) is 11.8. The summed E-state index contributed by atoms with van der Waals surface area (Å²) >= 11 is 0. The number of fused-ring (bicyclic) bond motifs is 1. The molecular formula is C30H32F6N6O4. The second-order valence-electron chi connectivity index (χ2n) is 11.8. The fraction of sp³-hybridized carbons (Fsp3) is 0.433. The van der Waals surface area contributed by atoms with Gasteiger partial charge in [0.1, 0.15) is 17.5 Å². The maximum absolute atomic E-state index is 14.7. The summed E-state index contributed by atoms with van der Waals surface area (Å²) in [6, 6.07) is 7.12. The number of alkyl carbamates (subject to hydrolysis) is 1. The van der Waals surface area contributed by atoms with Gasteiger partial charge in [0, 0.05) is 38.0 Å². The first-order valence-electron chi connectivity index (χ1n) is 14.2. The molecule has 0 fully saturated rings. The van der Waals surface area contributed by atoms with E-state index < -0.39 is 77.9 Å². The van der Waals surface area contributed by atoms with Gasteiger partial charge in [0.2, 0.25) is 17.6 Å². The lowest BCUT2D eigenvalue weighted by molar-refractivity contribution is -0.148. The van der Waals surface area contributed by atoms with Crippen LogP contribution in [0.4, 0.5) is 31.1 Å². The van der Waals surface area contributed by atoms with Crippen molar-refractivity contribution in [3.8, 4) is 0 Å². The molecule has 0 bridgehead atoms. The van der Waals surface area contributed by atoms with E-state index in [-0.39, 0.29) is 37.4 Å². The minimum absolute atomic E-state index is 0.00452. The van der Waals surface area contributed by atoms with Gasteiger partial charge < -0.3 is 24.8 Å². The molecule has 0 saturated heterocycles. The molecule has 2 aromatic carbocycles. The summed E-state index contributed by atoms with van der Waals surface area (Å²) in [7, 11) is 0. The van der Waals surface area contributed by atoms with Crippen molar-refractivity contribution in [2.45, 2.75) is 77.0 Å². The van der Waals surface area contributed by atoms with E-state index in [1.54, 1.807) is 51.1 Å². The van der Waals surface area contributed by atoms with Gasteiger partial charge in [0.15, 0.2) is 17.5 Å². The third kappa shape index (κ3) is 8.97. The van der Waals surface area contributed by atoms with Crippen LogP contribution in [0.2, 0.25) is 0 Å². The number of amides is 3. The highest BCUT2D eigenvalue weighted by Gasteiger charge is 2.40. The Balaban J connectivity index is 1.57. The Morgan fingerprint density at radius 3 is 2.24 bits per heavy atom. The number of rotatable bonds is 9. The van der Waals surface area contributed by atoms with E-state index in [0.717, 1.165) is 4.57 Å². The van der Waals surface area contributed by atoms with Crippen LogP contribution in [0.3, 0.4) is 0 Å². The van der Waals surface area contributed by atoms with E-state index in [1.807, 2.05) is 0 Å². The molecule has 3 aromatic rings. The number of hydrogen-bond acceptors (Lipinski definition) is 6. The Labute approximate surface area is 260 Å². The fourth-order valence-electron chi connectivity index (χ4n) is 4.89. The second-order valence-corrected chi connectivity index (χ2v) is 11.8. The van der Waals surface area contributed by atoms with Crippen LogP contribution in [0.25, 0.3) is 0 Å². The number of alkyl halides is 3.